The molecule has 5 N–H and O–H groups in total. The van der Waals surface area contributed by atoms with Gasteiger partial charge in [-0.2, -0.15) is 0 Å². The smallest absolute Gasteiger partial charge is 0.237 e. The van der Waals surface area contributed by atoms with E-state index in [-0.39, 0.29) is 5.91 Å². The minimum Gasteiger partial charge on any atom is -0.399 e. The molecule has 0 fully saturated rings. The highest BCUT2D eigenvalue weighted by atomic mass is 16.2. The quantitative estimate of drug-likeness (QED) is 0.586. The summed E-state index contributed by atoms with van der Waals surface area (Å²) in [6.45, 7) is 0. The minimum atomic E-state index is -0.497. The molecule has 0 saturated heterocycles. The predicted molar refractivity (Wildman–Crippen MR) is 56.6 cm³/mol. The van der Waals surface area contributed by atoms with Crippen LogP contribution in [-0.4, -0.2) is 19.0 Å². The molecule has 0 bridgehead atoms. The Morgan fingerprint density at radius 1 is 1.43 bits per heavy atom. The molecule has 0 aliphatic heterocycles. The van der Waals surface area contributed by atoms with Gasteiger partial charge in [0.15, 0.2) is 0 Å². The van der Waals surface area contributed by atoms with E-state index in [9.17, 15) is 4.79 Å². The van der Waals surface area contributed by atoms with Crippen LogP contribution in [0.15, 0.2) is 24.3 Å². The average Bonchev–Trinajstić information content (AvgIpc) is 2.20. The topological polar surface area (TPSA) is 81.1 Å². The number of benzene rings is 1. The molecule has 4 heteroatoms. The number of nitrogens with two attached hydrogens (primary N) is 2. The highest BCUT2D eigenvalue weighted by molar-refractivity contribution is 5.81. The summed E-state index contributed by atoms with van der Waals surface area (Å²) in [5.41, 5.74) is 12.9. The SMILES string of the molecule is CNC(=O)[C@@H](N)Cc1ccc(N)cc1. The molecule has 4 nitrogen and oxygen atoms in total. The van der Waals surface area contributed by atoms with Crippen molar-refractivity contribution in [3.63, 3.8) is 0 Å². The van der Waals surface area contributed by atoms with Crippen LogP contribution in [-0.2, 0) is 11.2 Å². The summed E-state index contributed by atoms with van der Waals surface area (Å²) < 4.78 is 0. The summed E-state index contributed by atoms with van der Waals surface area (Å²) in [4.78, 5) is 11.1. The second-order valence-electron chi connectivity index (χ2n) is 3.17. The Balaban J connectivity index is 2.60. The van der Waals surface area contributed by atoms with E-state index in [0.29, 0.717) is 12.1 Å². The molecule has 0 unspecified atom stereocenters. The van der Waals surface area contributed by atoms with E-state index in [4.69, 9.17) is 11.5 Å². The molecule has 0 aromatic heterocycles. The minimum absolute atomic E-state index is 0.151. The summed E-state index contributed by atoms with van der Waals surface area (Å²) >= 11 is 0. The lowest BCUT2D eigenvalue weighted by atomic mass is 10.1. The Labute approximate surface area is 83.3 Å². The fourth-order valence-corrected chi connectivity index (χ4v) is 1.19. The second kappa shape index (κ2) is 4.62. The summed E-state index contributed by atoms with van der Waals surface area (Å²) in [6, 6.07) is 6.84. The molecule has 0 aliphatic carbocycles. The highest BCUT2D eigenvalue weighted by Crippen LogP contribution is 2.07. The molecule has 1 atom stereocenters. The zero-order chi connectivity index (χ0) is 10.6. The highest BCUT2D eigenvalue weighted by Gasteiger charge is 2.11. The van der Waals surface area contributed by atoms with Crippen LogP contribution in [0.5, 0.6) is 0 Å². The van der Waals surface area contributed by atoms with E-state index in [1.54, 1.807) is 19.2 Å². The number of likely N-dealkylation sites (N-methyl/N-ethyl adjacent to an activating group) is 1. The fraction of sp³-hybridized carbons (Fsp3) is 0.300. The Kier molecular flexibility index (Phi) is 3.48. The van der Waals surface area contributed by atoms with Crippen molar-refractivity contribution in [1.82, 2.24) is 5.32 Å². The van der Waals surface area contributed by atoms with Gasteiger partial charge in [0.1, 0.15) is 0 Å². The monoisotopic (exact) mass is 193 g/mol. The van der Waals surface area contributed by atoms with Crippen LogP contribution in [0.4, 0.5) is 5.69 Å². The van der Waals surface area contributed by atoms with Gasteiger partial charge in [-0.1, -0.05) is 12.1 Å². The Bertz CT molecular complexity index is 308. The van der Waals surface area contributed by atoms with Crippen LogP contribution in [0.1, 0.15) is 5.56 Å². The summed E-state index contributed by atoms with van der Waals surface area (Å²) in [5, 5.41) is 2.51. The van der Waals surface area contributed by atoms with Crippen molar-refractivity contribution in [3.8, 4) is 0 Å². The molecule has 0 aliphatic rings. The van der Waals surface area contributed by atoms with E-state index in [1.165, 1.54) is 0 Å². The summed E-state index contributed by atoms with van der Waals surface area (Å²) in [7, 11) is 1.57. The molecule has 1 aromatic carbocycles. The van der Waals surface area contributed by atoms with Crippen LogP contribution in [0.25, 0.3) is 0 Å². The number of amides is 1. The first-order valence-electron chi connectivity index (χ1n) is 4.45. The molecule has 0 saturated carbocycles. The van der Waals surface area contributed by atoms with Crippen LogP contribution in [0.3, 0.4) is 0 Å². The standard InChI is InChI=1S/C10H15N3O/c1-13-10(14)9(12)6-7-2-4-8(11)5-3-7/h2-5,9H,6,11-12H2,1H3,(H,13,14)/t9-/m0/s1. The Hall–Kier alpha value is -1.55. The van der Waals surface area contributed by atoms with Gasteiger partial charge in [0.25, 0.3) is 0 Å². The van der Waals surface area contributed by atoms with Crippen molar-refractivity contribution >= 4 is 11.6 Å². The lowest BCUT2D eigenvalue weighted by Gasteiger charge is -2.09. The molecular formula is C10H15N3O. The van der Waals surface area contributed by atoms with Gasteiger partial charge < -0.3 is 16.8 Å². The molecular weight excluding hydrogens is 178 g/mol. The molecule has 14 heavy (non-hydrogen) atoms. The number of hydrogen-bond donors (Lipinski definition) is 3. The molecule has 0 radical (unpaired) electrons. The van der Waals surface area contributed by atoms with E-state index >= 15 is 0 Å². The van der Waals surface area contributed by atoms with Gasteiger partial charge in [0, 0.05) is 12.7 Å². The molecule has 0 heterocycles. The van der Waals surface area contributed by atoms with Crippen molar-refractivity contribution in [2.24, 2.45) is 5.73 Å². The molecule has 76 valence electrons. The first-order chi connectivity index (χ1) is 6.63. The number of nitrogen functional groups attached to an aromatic ring is 1. The normalized spacial score (nSPS) is 12.1. The maximum atomic E-state index is 11.1. The van der Waals surface area contributed by atoms with Crippen molar-refractivity contribution < 1.29 is 4.79 Å². The first kappa shape index (κ1) is 10.5. The van der Waals surface area contributed by atoms with Crippen molar-refractivity contribution in [2.45, 2.75) is 12.5 Å². The number of carbonyl (C=O) groups excluding carboxylic acids is 1. The number of hydrogen-bond acceptors (Lipinski definition) is 3. The van der Waals surface area contributed by atoms with E-state index in [0.717, 1.165) is 5.56 Å². The number of rotatable bonds is 3. The van der Waals surface area contributed by atoms with Crippen LogP contribution in [0, 0.1) is 0 Å². The number of anilines is 1. The maximum absolute atomic E-state index is 11.1. The van der Waals surface area contributed by atoms with Gasteiger partial charge in [0.05, 0.1) is 6.04 Å². The summed E-state index contributed by atoms with van der Waals surface area (Å²) in [6.07, 6.45) is 0.528. The largest absolute Gasteiger partial charge is 0.399 e. The van der Waals surface area contributed by atoms with Crippen LogP contribution >= 0.6 is 0 Å². The second-order valence-corrected chi connectivity index (χ2v) is 3.17. The predicted octanol–water partition coefficient (Wildman–Crippen LogP) is -0.115. The lowest BCUT2D eigenvalue weighted by molar-refractivity contribution is -0.121. The van der Waals surface area contributed by atoms with Gasteiger partial charge in [-0.3, -0.25) is 4.79 Å². The van der Waals surface area contributed by atoms with E-state index < -0.39 is 6.04 Å². The zero-order valence-electron chi connectivity index (χ0n) is 8.16. The zero-order valence-corrected chi connectivity index (χ0v) is 8.16. The van der Waals surface area contributed by atoms with E-state index in [2.05, 4.69) is 5.32 Å². The van der Waals surface area contributed by atoms with Crippen molar-refractivity contribution in [2.75, 3.05) is 12.8 Å². The van der Waals surface area contributed by atoms with E-state index in [1.807, 2.05) is 12.1 Å². The number of nitrogens with one attached hydrogen (secondary N) is 1. The molecule has 0 spiro atoms. The first-order valence-corrected chi connectivity index (χ1v) is 4.45. The number of carbonyl (C=O) groups is 1. The van der Waals surface area contributed by atoms with Crippen LogP contribution < -0.4 is 16.8 Å². The van der Waals surface area contributed by atoms with Gasteiger partial charge in [-0.25, -0.2) is 0 Å². The van der Waals surface area contributed by atoms with Gasteiger partial charge in [-0.05, 0) is 24.1 Å². The van der Waals surface area contributed by atoms with Gasteiger partial charge in [0.2, 0.25) is 5.91 Å². The maximum Gasteiger partial charge on any atom is 0.237 e. The Morgan fingerprint density at radius 3 is 2.50 bits per heavy atom. The fourth-order valence-electron chi connectivity index (χ4n) is 1.19. The Morgan fingerprint density at radius 2 is 2.00 bits per heavy atom. The third-order valence-electron chi connectivity index (χ3n) is 2.02. The molecule has 1 rings (SSSR count). The lowest BCUT2D eigenvalue weighted by Crippen LogP contribution is -2.40. The van der Waals surface area contributed by atoms with Crippen molar-refractivity contribution in [1.29, 1.82) is 0 Å². The third kappa shape index (κ3) is 2.74. The average molecular weight is 193 g/mol. The van der Waals surface area contributed by atoms with Crippen LogP contribution in [0.2, 0.25) is 0 Å². The van der Waals surface area contributed by atoms with Crippen molar-refractivity contribution in [3.05, 3.63) is 29.8 Å². The third-order valence-corrected chi connectivity index (χ3v) is 2.02. The van der Waals surface area contributed by atoms with Gasteiger partial charge in [-0.15, -0.1) is 0 Å². The molecule has 1 aromatic rings. The summed E-state index contributed by atoms with van der Waals surface area (Å²) in [5.74, 6) is -0.151. The molecule has 1 amide bonds. The van der Waals surface area contributed by atoms with Gasteiger partial charge >= 0.3 is 0 Å².